The van der Waals surface area contributed by atoms with Crippen LogP contribution in [0.3, 0.4) is 0 Å². The van der Waals surface area contributed by atoms with Gasteiger partial charge in [-0.1, -0.05) is 35.6 Å². The molecule has 1 N–H and O–H groups in total. The molecule has 0 saturated carbocycles. The van der Waals surface area contributed by atoms with E-state index in [1.165, 1.54) is 11.3 Å². The summed E-state index contributed by atoms with van der Waals surface area (Å²) in [4.78, 5) is 4.36. The van der Waals surface area contributed by atoms with Gasteiger partial charge in [0.15, 0.2) is 5.60 Å². The number of thiazole rings is 1. The van der Waals surface area contributed by atoms with Crippen LogP contribution in [0.5, 0.6) is 10.9 Å². The number of rotatable bonds is 5. The fourth-order valence-electron chi connectivity index (χ4n) is 2.25. The fraction of sp³-hybridized carbons (Fsp3) is 0.278. The van der Waals surface area contributed by atoms with Gasteiger partial charge in [-0.3, -0.25) is 0 Å². The van der Waals surface area contributed by atoms with E-state index in [-0.39, 0.29) is 6.42 Å². The number of hydrogen-bond donors (Lipinski definition) is 1. The second-order valence-corrected chi connectivity index (χ2v) is 6.96. The summed E-state index contributed by atoms with van der Waals surface area (Å²) in [7, 11) is 0. The first-order valence-electron chi connectivity index (χ1n) is 7.66. The third-order valence-corrected chi connectivity index (χ3v) is 4.83. The molecule has 25 heavy (non-hydrogen) atoms. The lowest BCUT2D eigenvalue weighted by Crippen LogP contribution is -2.42. The normalized spacial score (nSPS) is 14.4. The van der Waals surface area contributed by atoms with Crippen LogP contribution in [0, 0.1) is 0 Å². The Morgan fingerprint density at radius 2 is 1.76 bits per heavy atom. The number of nitrogens with zero attached hydrogens (tertiary/aromatic N) is 1. The molecule has 7 heteroatoms. The number of aliphatic hydroxyl groups is 1. The maximum absolute atomic E-state index is 12.7. The summed E-state index contributed by atoms with van der Waals surface area (Å²) in [5.41, 5.74) is -1.14. The third-order valence-electron chi connectivity index (χ3n) is 3.91. The first kappa shape index (κ1) is 17.7. The van der Waals surface area contributed by atoms with Crippen molar-refractivity contribution in [1.29, 1.82) is 0 Å². The van der Waals surface area contributed by atoms with Crippen molar-refractivity contribution < 1.29 is 23.0 Å². The highest BCUT2D eigenvalue weighted by atomic mass is 32.1. The van der Waals surface area contributed by atoms with E-state index < -0.39 is 18.2 Å². The van der Waals surface area contributed by atoms with E-state index in [0.717, 1.165) is 17.1 Å². The van der Waals surface area contributed by atoms with Crippen LogP contribution < -0.4 is 4.74 Å². The molecule has 1 atom stereocenters. The van der Waals surface area contributed by atoms with Crippen molar-refractivity contribution in [3.05, 3.63) is 54.1 Å². The van der Waals surface area contributed by atoms with Crippen molar-refractivity contribution in [2.45, 2.75) is 31.5 Å². The van der Waals surface area contributed by atoms with Gasteiger partial charge in [-0.05, 0) is 49.6 Å². The standard InChI is InChI=1S/C18H16F3NO2S/c1-17(23,18(19,20)21)11-10-12-6-8-13(9-7-12)24-16-22-14-4-2-3-5-15(14)25-16/h2-9,23H,10-11H2,1H3. The Morgan fingerprint density at radius 1 is 1.08 bits per heavy atom. The number of aryl methyl sites for hydroxylation is 1. The molecule has 1 unspecified atom stereocenters. The minimum atomic E-state index is -4.64. The molecule has 0 amide bonds. The Bertz CT molecular complexity index is 824. The van der Waals surface area contributed by atoms with Crippen LogP contribution in [-0.2, 0) is 6.42 Å². The second-order valence-electron chi connectivity index (χ2n) is 5.97. The minimum absolute atomic E-state index is 0.119. The van der Waals surface area contributed by atoms with Crippen LogP contribution in [-0.4, -0.2) is 21.9 Å². The summed E-state index contributed by atoms with van der Waals surface area (Å²) in [5.74, 6) is 0.561. The molecule has 0 aliphatic rings. The van der Waals surface area contributed by atoms with Gasteiger partial charge in [-0.15, -0.1) is 0 Å². The van der Waals surface area contributed by atoms with Crippen molar-refractivity contribution in [2.75, 3.05) is 0 Å². The number of alkyl halides is 3. The molecule has 0 spiro atoms. The number of hydrogen-bond acceptors (Lipinski definition) is 4. The molecule has 3 rings (SSSR count). The largest absolute Gasteiger partial charge is 0.431 e. The molecule has 3 aromatic rings. The molecule has 0 aliphatic heterocycles. The molecule has 132 valence electrons. The zero-order chi connectivity index (χ0) is 18.1. The third kappa shape index (κ3) is 4.11. The van der Waals surface area contributed by atoms with Gasteiger partial charge in [-0.2, -0.15) is 13.2 Å². The van der Waals surface area contributed by atoms with Crippen molar-refractivity contribution in [1.82, 2.24) is 4.98 Å². The van der Waals surface area contributed by atoms with E-state index >= 15 is 0 Å². The van der Waals surface area contributed by atoms with Crippen LogP contribution in [0.4, 0.5) is 13.2 Å². The van der Waals surface area contributed by atoms with Crippen LogP contribution in [0.2, 0.25) is 0 Å². The van der Waals surface area contributed by atoms with Gasteiger partial charge >= 0.3 is 6.18 Å². The Morgan fingerprint density at radius 3 is 2.40 bits per heavy atom. The Balaban J connectivity index is 1.64. The molecule has 2 aromatic carbocycles. The number of para-hydroxylation sites is 1. The van der Waals surface area contributed by atoms with Crippen LogP contribution in [0.15, 0.2) is 48.5 Å². The highest BCUT2D eigenvalue weighted by molar-refractivity contribution is 7.20. The smallest absolute Gasteiger partial charge is 0.416 e. The van der Waals surface area contributed by atoms with Gasteiger partial charge in [0, 0.05) is 0 Å². The molecule has 0 bridgehead atoms. The van der Waals surface area contributed by atoms with E-state index in [1.807, 2.05) is 24.3 Å². The molecule has 3 nitrogen and oxygen atoms in total. The Hall–Kier alpha value is -2.12. The predicted octanol–water partition coefficient (Wildman–Crippen LogP) is 5.33. The Labute approximate surface area is 146 Å². The maximum Gasteiger partial charge on any atom is 0.416 e. The topological polar surface area (TPSA) is 42.4 Å². The number of halogens is 3. The number of benzene rings is 2. The summed E-state index contributed by atoms with van der Waals surface area (Å²) in [6.45, 7) is 0.789. The molecule has 1 aromatic heterocycles. The first-order chi connectivity index (χ1) is 11.7. The fourth-order valence-corrected chi connectivity index (χ4v) is 3.08. The van der Waals surface area contributed by atoms with Crippen molar-refractivity contribution in [2.24, 2.45) is 0 Å². The minimum Gasteiger partial charge on any atom is -0.431 e. The Kier molecular flexibility index (Phi) is 4.71. The quantitative estimate of drug-likeness (QED) is 0.662. The summed E-state index contributed by atoms with van der Waals surface area (Å²) < 4.78 is 44.7. The van der Waals surface area contributed by atoms with E-state index in [1.54, 1.807) is 24.3 Å². The zero-order valence-corrected chi connectivity index (χ0v) is 14.2. The molecule has 0 fully saturated rings. The molecule has 0 aliphatic carbocycles. The number of ether oxygens (including phenoxy) is 1. The first-order valence-corrected chi connectivity index (χ1v) is 8.48. The molecular formula is C18H16F3NO2S. The molecule has 0 radical (unpaired) electrons. The highest BCUT2D eigenvalue weighted by Crippen LogP contribution is 2.34. The highest BCUT2D eigenvalue weighted by Gasteiger charge is 2.49. The van der Waals surface area contributed by atoms with E-state index in [0.29, 0.717) is 16.5 Å². The SMILES string of the molecule is CC(O)(CCc1ccc(Oc2nc3ccccc3s2)cc1)C(F)(F)F. The molecule has 0 saturated heterocycles. The van der Waals surface area contributed by atoms with E-state index in [2.05, 4.69) is 4.98 Å². The second kappa shape index (κ2) is 6.65. The summed E-state index contributed by atoms with van der Waals surface area (Å²) in [6, 6.07) is 14.4. The van der Waals surface area contributed by atoms with Crippen molar-refractivity contribution >= 4 is 21.6 Å². The van der Waals surface area contributed by atoms with Crippen LogP contribution >= 0.6 is 11.3 Å². The average Bonchev–Trinajstić information content (AvgIpc) is 2.95. The zero-order valence-electron chi connectivity index (χ0n) is 13.4. The predicted molar refractivity (Wildman–Crippen MR) is 91.1 cm³/mol. The van der Waals surface area contributed by atoms with Crippen molar-refractivity contribution in [3.63, 3.8) is 0 Å². The summed E-state index contributed by atoms with van der Waals surface area (Å²) in [6.07, 6.45) is -4.91. The van der Waals surface area contributed by atoms with Gasteiger partial charge in [-0.25, -0.2) is 4.98 Å². The summed E-state index contributed by atoms with van der Waals surface area (Å²) in [5, 5.41) is 9.98. The molecular weight excluding hydrogens is 351 g/mol. The maximum atomic E-state index is 12.7. The van der Waals surface area contributed by atoms with E-state index in [9.17, 15) is 18.3 Å². The van der Waals surface area contributed by atoms with Crippen LogP contribution in [0.25, 0.3) is 10.2 Å². The van der Waals surface area contributed by atoms with Gasteiger partial charge in [0.1, 0.15) is 5.75 Å². The van der Waals surface area contributed by atoms with Gasteiger partial charge < -0.3 is 9.84 Å². The number of fused-ring (bicyclic) bond motifs is 1. The van der Waals surface area contributed by atoms with E-state index in [4.69, 9.17) is 4.74 Å². The molecule has 1 heterocycles. The van der Waals surface area contributed by atoms with Gasteiger partial charge in [0.05, 0.1) is 10.2 Å². The average molecular weight is 367 g/mol. The lowest BCUT2D eigenvalue weighted by atomic mass is 9.96. The van der Waals surface area contributed by atoms with Gasteiger partial charge in [0.2, 0.25) is 0 Å². The monoisotopic (exact) mass is 367 g/mol. The van der Waals surface area contributed by atoms with Crippen LogP contribution in [0.1, 0.15) is 18.9 Å². The lowest BCUT2D eigenvalue weighted by molar-refractivity contribution is -0.254. The van der Waals surface area contributed by atoms with Gasteiger partial charge in [0.25, 0.3) is 5.19 Å². The van der Waals surface area contributed by atoms with Crippen molar-refractivity contribution in [3.8, 4) is 10.9 Å². The lowest BCUT2D eigenvalue weighted by Gasteiger charge is -2.26. The number of aromatic nitrogens is 1. The summed E-state index contributed by atoms with van der Waals surface area (Å²) >= 11 is 1.42.